The topological polar surface area (TPSA) is 9.86 Å². The third kappa shape index (κ3) is 3.05. The summed E-state index contributed by atoms with van der Waals surface area (Å²) in [6, 6.07) is 60.6. The molecule has 2 nitrogen and oxygen atoms in total. The highest BCUT2D eigenvalue weighted by atomic mass is 15.0. The quantitative estimate of drug-likeness (QED) is 0.188. The lowest BCUT2D eigenvalue weighted by Gasteiger charge is -2.30. The van der Waals surface area contributed by atoms with Crippen molar-refractivity contribution in [1.29, 1.82) is 0 Å². The molecule has 2 heterocycles. The van der Waals surface area contributed by atoms with Crippen LogP contribution in [0.25, 0.3) is 66.3 Å². The molecule has 0 amide bonds. The summed E-state index contributed by atoms with van der Waals surface area (Å²) in [4.78, 5) is 0. The Morgan fingerprint density at radius 1 is 0.383 bits per heavy atom. The summed E-state index contributed by atoms with van der Waals surface area (Å²) >= 11 is 0. The Kier molecular flexibility index (Phi) is 4.80. The van der Waals surface area contributed by atoms with Crippen LogP contribution in [0.1, 0.15) is 22.3 Å². The van der Waals surface area contributed by atoms with Crippen molar-refractivity contribution >= 4 is 32.7 Å². The molecule has 0 fully saturated rings. The van der Waals surface area contributed by atoms with Gasteiger partial charge in [-0.2, -0.15) is 0 Å². The maximum Gasteiger partial charge on any atom is 0.0788 e. The maximum atomic E-state index is 2.47. The van der Waals surface area contributed by atoms with E-state index in [0.717, 1.165) is 0 Å². The van der Waals surface area contributed by atoms with Gasteiger partial charge in [0, 0.05) is 33.7 Å². The monoisotopic (exact) mass is 596 g/mol. The fourth-order valence-electron chi connectivity index (χ4n) is 8.97. The minimum atomic E-state index is -0.369. The van der Waals surface area contributed by atoms with E-state index in [9.17, 15) is 0 Å². The summed E-state index contributed by atoms with van der Waals surface area (Å²) in [6.45, 7) is 0. The number of hydrogen-bond acceptors (Lipinski definition) is 0. The summed E-state index contributed by atoms with van der Waals surface area (Å²) in [5.74, 6) is 0. The fraction of sp³-hybridized carbons (Fsp3) is 0.0222. The summed E-state index contributed by atoms with van der Waals surface area (Å²) in [5.41, 5.74) is 16.4. The van der Waals surface area contributed by atoms with Gasteiger partial charge in [0.2, 0.25) is 0 Å². The highest BCUT2D eigenvalue weighted by Gasteiger charge is 2.51. The van der Waals surface area contributed by atoms with Gasteiger partial charge in [-0.15, -0.1) is 0 Å². The van der Waals surface area contributed by atoms with E-state index in [-0.39, 0.29) is 5.41 Å². The lowest BCUT2D eigenvalue weighted by molar-refractivity contribution is 0.792. The number of aromatic nitrogens is 2. The van der Waals surface area contributed by atoms with Crippen molar-refractivity contribution in [3.8, 4) is 33.6 Å². The first-order chi connectivity index (χ1) is 23.3. The third-order valence-corrected chi connectivity index (χ3v) is 10.8. The number of hydrogen-bond donors (Lipinski definition) is 0. The molecule has 1 spiro atoms. The highest BCUT2D eigenvalue weighted by molar-refractivity contribution is 6.18. The van der Waals surface area contributed by atoms with Crippen molar-refractivity contribution in [3.63, 3.8) is 0 Å². The average Bonchev–Trinajstić information content (AvgIpc) is 3.87. The number of rotatable bonds is 2. The lowest BCUT2D eigenvalue weighted by Crippen LogP contribution is -2.26. The maximum absolute atomic E-state index is 2.47. The zero-order valence-corrected chi connectivity index (χ0v) is 25.6. The second-order valence-electron chi connectivity index (χ2n) is 12.9. The first-order valence-corrected chi connectivity index (χ1v) is 16.4. The van der Waals surface area contributed by atoms with Crippen LogP contribution in [0.2, 0.25) is 0 Å². The van der Waals surface area contributed by atoms with Gasteiger partial charge in [0.1, 0.15) is 0 Å². The Hall–Kier alpha value is -6.12. The largest absolute Gasteiger partial charge is 0.315 e. The van der Waals surface area contributed by atoms with Crippen LogP contribution in [0.15, 0.2) is 170 Å². The minimum Gasteiger partial charge on any atom is -0.315 e. The highest BCUT2D eigenvalue weighted by Crippen LogP contribution is 2.62. The molecule has 0 saturated heterocycles. The molecule has 2 aliphatic carbocycles. The van der Waals surface area contributed by atoms with Crippen LogP contribution in [-0.4, -0.2) is 9.13 Å². The Bertz CT molecular complexity index is 2680. The van der Waals surface area contributed by atoms with Crippen LogP contribution in [-0.2, 0) is 5.41 Å². The van der Waals surface area contributed by atoms with Crippen molar-refractivity contribution < 1.29 is 0 Å². The van der Waals surface area contributed by atoms with Gasteiger partial charge >= 0.3 is 0 Å². The zero-order chi connectivity index (χ0) is 30.7. The molecule has 218 valence electrons. The summed E-state index contributed by atoms with van der Waals surface area (Å²) in [5, 5.41) is 3.76. The van der Waals surface area contributed by atoms with Crippen LogP contribution in [0.3, 0.4) is 0 Å². The van der Waals surface area contributed by atoms with Gasteiger partial charge in [0.05, 0.1) is 22.0 Å². The van der Waals surface area contributed by atoms with E-state index in [1.807, 2.05) is 0 Å². The number of benzene rings is 7. The van der Waals surface area contributed by atoms with Crippen LogP contribution in [0, 0.1) is 0 Å². The molecular formula is C45H28N2. The third-order valence-electron chi connectivity index (χ3n) is 10.8. The molecule has 0 saturated carbocycles. The summed E-state index contributed by atoms with van der Waals surface area (Å²) in [6.07, 6.45) is 2.25. The molecule has 0 N–H and O–H groups in total. The molecule has 11 rings (SSSR count). The number of fused-ring (bicyclic) bond motifs is 15. The van der Waals surface area contributed by atoms with Crippen molar-refractivity contribution in [2.75, 3.05) is 0 Å². The van der Waals surface area contributed by atoms with Crippen LogP contribution in [0.5, 0.6) is 0 Å². The molecule has 9 aromatic rings. The molecular weight excluding hydrogens is 569 g/mol. The van der Waals surface area contributed by atoms with Crippen molar-refractivity contribution in [2.24, 2.45) is 0 Å². The molecule has 0 radical (unpaired) electrons. The SMILES string of the molecule is c1ccc(-n2c3ccccc3c3ccc4ccn(-c5ccc6c(c5)C5(c7ccccc7-c7ccccc75)c5ccccc5-6)c4c32)cc1. The van der Waals surface area contributed by atoms with Gasteiger partial charge in [-0.1, -0.05) is 127 Å². The summed E-state index contributed by atoms with van der Waals surface area (Å²) < 4.78 is 4.86. The van der Waals surface area contributed by atoms with E-state index < -0.39 is 0 Å². The van der Waals surface area contributed by atoms with Gasteiger partial charge < -0.3 is 9.13 Å². The van der Waals surface area contributed by atoms with E-state index in [1.165, 1.54) is 88.6 Å². The van der Waals surface area contributed by atoms with Gasteiger partial charge in [0.25, 0.3) is 0 Å². The number of para-hydroxylation sites is 2. The predicted molar refractivity (Wildman–Crippen MR) is 194 cm³/mol. The van der Waals surface area contributed by atoms with Crippen molar-refractivity contribution in [3.05, 3.63) is 192 Å². The average molecular weight is 597 g/mol. The molecule has 2 heteroatoms. The predicted octanol–water partition coefficient (Wildman–Crippen LogP) is 11.1. The molecule has 0 unspecified atom stereocenters. The zero-order valence-electron chi connectivity index (χ0n) is 25.6. The van der Waals surface area contributed by atoms with Gasteiger partial charge in [-0.25, -0.2) is 0 Å². The summed E-state index contributed by atoms with van der Waals surface area (Å²) in [7, 11) is 0. The van der Waals surface area contributed by atoms with Crippen molar-refractivity contribution in [2.45, 2.75) is 5.41 Å². The van der Waals surface area contributed by atoms with Crippen LogP contribution in [0.4, 0.5) is 0 Å². The van der Waals surface area contributed by atoms with E-state index in [0.29, 0.717) is 0 Å². The van der Waals surface area contributed by atoms with Gasteiger partial charge in [-0.3, -0.25) is 0 Å². The van der Waals surface area contributed by atoms with E-state index >= 15 is 0 Å². The second-order valence-corrected chi connectivity index (χ2v) is 12.9. The second kappa shape index (κ2) is 8.99. The Labute approximate surface area is 272 Å². The Balaban J connectivity index is 1.25. The Morgan fingerprint density at radius 3 is 1.68 bits per heavy atom. The van der Waals surface area contributed by atoms with Crippen molar-refractivity contribution in [1.82, 2.24) is 9.13 Å². The molecule has 7 aromatic carbocycles. The lowest BCUT2D eigenvalue weighted by atomic mass is 9.70. The fourth-order valence-corrected chi connectivity index (χ4v) is 8.97. The first kappa shape index (κ1) is 25.1. The normalized spacial score (nSPS) is 13.7. The van der Waals surface area contributed by atoms with Crippen LogP contribution >= 0.6 is 0 Å². The van der Waals surface area contributed by atoms with Gasteiger partial charge in [0.15, 0.2) is 0 Å². The molecule has 2 aliphatic rings. The number of nitrogens with zero attached hydrogens (tertiary/aromatic N) is 2. The first-order valence-electron chi connectivity index (χ1n) is 16.4. The standard InChI is InChI=1S/C45H28N2/c1-2-12-30(13-3-1)47-42-21-11-7-17-36(42)37-24-22-29-26-27-46(43(29)44(37)47)31-23-25-35-34-16-6-10-20-40(34)45(41(35)28-31)38-18-8-4-14-32(38)33-15-5-9-19-39(33)45/h1-28H. The minimum absolute atomic E-state index is 0.369. The van der Waals surface area contributed by atoms with E-state index in [4.69, 9.17) is 0 Å². The Morgan fingerprint density at radius 2 is 0.979 bits per heavy atom. The molecule has 0 aliphatic heterocycles. The smallest absolute Gasteiger partial charge is 0.0788 e. The van der Waals surface area contributed by atoms with Gasteiger partial charge in [-0.05, 0) is 80.9 Å². The van der Waals surface area contributed by atoms with Crippen LogP contribution < -0.4 is 0 Å². The molecule has 0 atom stereocenters. The molecule has 0 bridgehead atoms. The molecule has 47 heavy (non-hydrogen) atoms. The van der Waals surface area contributed by atoms with E-state index in [2.05, 4.69) is 179 Å². The van der Waals surface area contributed by atoms with E-state index in [1.54, 1.807) is 0 Å². The molecule has 2 aromatic heterocycles.